The van der Waals surface area contributed by atoms with Crippen LogP contribution in [0, 0.1) is 0 Å². The molecule has 0 atom stereocenters. The molecule has 0 aliphatic rings. The second-order valence-corrected chi connectivity index (χ2v) is 6.83. The molecule has 0 unspecified atom stereocenters. The smallest absolute Gasteiger partial charge is 0.226 e. The molecule has 0 spiro atoms. The molecule has 3 aromatic rings. The number of carbonyl (C=O) groups excluding carboxylic acids is 2. The van der Waals surface area contributed by atoms with Crippen LogP contribution in [-0.4, -0.2) is 21.9 Å². The number of aromatic nitrogens is 1. The summed E-state index contributed by atoms with van der Waals surface area (Å²) in [4.78, 5) is 27.6. The first-order chi connectivity index (χ1) is 13.0. The summed E-state index contributed by atoms with van der Waals surface area (Å²) >= 11 is 1.35. The summed E-state index contributed by atoms with van der Waals surface area (Å²) in [6.45, 7) is 1.46. The highest BCUT2D eigenvalue weighted by Crippen LogP contribution is 2.26. The molecule has 0 bridgehead atoms. The summed E-state index contributed by atoms with van der Waals surface area (Å²) in [5.74, 6) is -0.0741. The third kappa shape index (κ3) is 5.15. The lowest BCUT2D eigenvalue weighted by Crippen LogP contribution is -2.12. The number of benzene rings is 2. The Balaban J connectivity index is 1.58. The summed E-state index contributed by atoms with van der Waals surface area (Å²) in [7, 11) is 0. The number of amides is 2. The minimum atomic E-state index is -0.153. The Hall–Kier alpha value is -3.19. The van der Waals surface area contributed by atoms with Crippen LogP contribution in [0.5, 0.6) is 5.75 Å². The first-order valence-corrected chi connectivity index (χ1v) is 9.29. The summed E-state index contributed by atoms with van der Waals surface area (Å²) < 4.78 is 0. The van der Waals surface area contributed by atoms with Crippen LogP contribution in [0.25, 0.3) is 11.3 Å². The number of rotatable bonds is 6. The number of aryl methyl sites for hydroxylation is 1. The fourth-order valence-electron chi connectivity index (χ4n) is 2.54. The zero-order chi connectivity index (χ0) is 19.2. The van der Waals surface area contributed by atoms with E-state index in [1.165, 1.54) is 18.3 Å². The first kappa shape index (κ1) is 18.6. The van der Waals surface area contributed by atoms with Gasteiger partial charge in [0.05, 0.1) is 5.69 Å². The van der Waals surface area contributed by atoms with E-state index in [1.807, 2.05) is 23.6 Å². The SMILES string of the molecule is CC(=O)Nc1ccc(-c2csc(NC(=O)CCc3ccccc3O)n2)cc1. The summed E-state index contributed by atoms with van der Waals surface area (Å²) in [6.07, 6.45) is 0.721. The van der Waals surface area contributed by atoms with E-state index in [1.54, 1.807) is 30.3 Å². The van der Waals surface area contributed by atoms with E-state index >= 15 is 0 Å². The van der Waals surface area contributed by atoms with Gasteiger partial charge in [0, 0.05) is 30.0 Å². The fourth-order valence-corrected chi connectivity index (χ4v) is 3.28. The van der Waals surface area contributed by atoms with Crippen LogP contribution >= 0.6 is 11.3 Å². The molecule has 7 heteroatoms. The molecule has 0 saturated carbocycles. The first-order valence-electron chi connectivity index (χ1n) is 8.41. The molecule has 27 heavy (non-hydrogen) atoms. The highest BCUT2D eigenvalue weighted by molar-refractivity contribution is 7.14. The second kappa shape index (κ2) is 8.46. The van der Waals surface area contributed by atoms with Crippen molar-refractivity contribution in [1.82, 2.24) is 4.98 Å². The Morgan fingerprint density at radius 3 is 2.52 bits per heavy atom. The maximum absolute atomic E-state index is 12.1. The van der Waals surface area contributed by atoms with Crippen LogP contribution in [0.1, 0.15) is 18.9 Å². The van der Waals surface area contributed by atoms with Crippen molar-refractivity contribution >= 4 is 34.0 Å². The van der Waals surface area contributed by atoms with Crippen molar-refractivity contribution in [1.29, 1.82) is 0 Å². The number of nitrogens with one attached hydrogen (secondary N) is 2. The molecule has 0 aliphatic carbocycles. The van der Waals surface area contributed by atoms with E-state index in [0.717, 1.165) is 22.5 Å². The number of para-hydroxylation sites is 1. The quantitative estimate of drug-likeness (QED) is 0.601. The molecule has 3 N–H and O–H groups in total. The van der Waals surface area contributed by atoms with Crippen molar-refractivity contribution in [3.05, 3.63) is 59.5 Å². The Labute approximate surface area is 160 Å². The predicted molar refractivity (Wildman–Crippen MR) is 107 cm³/mol. The van der Waals surface area contributed by atoms with E-state index < -0.39 is 0 Å². The number of carbonyl (C=O) groups is 2. The van der Waals surface area contributed by atoms with Crippen LogP contribution in [0.15, 0.2) is 53.9 Å². The third-order valence-corrected chi connectivity index (χ3v) is 4.62. The summed E-state index contributed by atoms with van der Waals surface area (Å²) in [5.41, 5.74) is 3.12. The summed E-state index contributed by atoms with van der Waals surface area (Å²) in [6, 6.07) is 14.3. The Kier molecular flexibility index (Phi) is 5.83. The fraction of sp³-hybridized carbons (Fsp3) is 0.150. The molecule has 0 fully saturated rings. The van der Waals surface area contributed by atoms with Gasteiger partial charge in [-0.1, -0.05) is 30.3 Å². The van der Waals surface area contributed by atoms with Gasteiger partial charge in [-0.25, -0.2) is 4.98 Å². The van der Waals surface area contributed by atoms with Gasteiger partial charge in [0.25, 0.3) is 0 Å². The number of phenols is 1. The standard InChI is InChI=1S/C20H19N3O3S/c1-13(24)21-16-9-6-14(7-10-16)17-12-27-20(22-17)23-19(26)11-8-15-4-2-3-5-18(15)25/h2-7,9-10,12,25H,8,11H2,1H3,(H,21,24)(H,22,23,26). The molecular formula is C20H19N3O3S. The van der Waals surface area contributed by atoms with Crippen LogP contribution in [-0.2, 0) is 16.0 Å². The highest BCUT2D eigenvalue weighted by atomic mass is 32.1. The van der Waals surface area contributed by atoms with Crippen LogP contribution < -0.4 is 10.6 Å². The maximum atomic E-state index is 12.1. The van der Waals surface area contributed by atoms with Crippen LogP contribution in [0.3, 0.4) is 0 Å². The Morgan fingerprint density at radius 1 is 1.07 bits per heavy atom. The van der Waals surface area contributed by atoms with Gasteiger partial charge in [-0.2, -0.15) is 0 Å². The van der Waals surface area contributed by atoms with Gasteiger partial charge in [-0.05, 0) is 30.2 Å². The molecule has 2 amide bonds. The average Bonchev–Trinajstić information content (AvgIpc) is 3.09. The van der Waals surface area contributed by atoms with Crippen LogP contribution in [0.2, 0.25) is 0 Å². The predicted octanol–water partition coefficient (Wildman–Crippen LogP) is 4.05. The molecule has 1 heterocycles. The van der Waals surface area contributed by atoms with Crippen molar-refractivity contribution in [2.24, 2.45) is 0 Å². The molecular weight excluding hydrogens is 362 g/mol. The van der Waals surface area contributed by atoms with Crippen molar-refractivity contribution in [3.8, 4) is 17.0 Å². The number of anilines is 2. The van der Waals surface area contributed by atoms with E-state index in [-0.39, 0.29) is 24.0 Å². The van der Waals surface area contributed by atoms with Gasteiger partial charge >= 0.3 is 0 Å². The molecule has 0 aliphatic heterocycles. The maximum Gasteiger partial charge on any atom is 0.226 e. The lowest BCUT2D eigenvalue weighted by atomic mass is 10.1. The number of thiazole rings is 1. The highest BCUT2D eigenvalue weighted by Gasteiger charge is 2.10. The number of nitrogens with zero attached hydrogens (tertiary/aromatic N) is 1. The van der Waals surface area contributed by atoms with Crippen molar-refractivity contribution < 1.29 is 14.7 Å². The molecule has 3 rings (SSSR count). The summed E-state index contributed by atoms with van der Waals surface area (Å²) in [5, 5.41) is 17.6. The minimum absolute atomic E-state index is 0.120. The number of hydrogen-bond acceptors (Lipinski definition) is 5. The lowest BCUT2D eigenvalue weighted by molar-refractivity contribution is -0.116. The minimum Gasteiger partial charge on any atom is -0.508 e. The molecule has 0 radical (unpaired) electrons. The molecule has 138 valence electrons. The zero-order valence-corrected chi connectivity index (χ0v) is 15.5. The normalized spacial score (nSPS) is 10.4. The molecule has 1 aromatic heterocycles. The lowest BCUT2D eigenvalue weighted by Gasteiger charge is -2.04. The molecule has 6 nitrogen and oxygen atoms in total. The van der Waals surface area contributed by atoms with Gasteiger partial charge in [-0.3, -0.25) is 9.59 Å². The van der Waals surface area contributed by atoms with Gasteiger partial charge in [-0.15, -0.1) is 11.3 Å². The van der Waals surface area contributed by atoms with E-state index in [4.69, 9.17) is 0 Å². The topological polar surface area (TPSA) is 91.3 Å². The Morgan fingerprint density at radius 2 is 1.81 bits per heavy atom. The zero-order valence-electron chi connectivity index (χ0n) is 14.7. The van der Waals surface area contributed by atoms with Gasteiger partial charge in [0.2, 0.25) is 11.8 Å². The van der Waals surface area contributed by atoms with E-state index in [2.05, 4.69) is 15.6 Å². The van der Waals surface area contributed by atoms with Crippen LogP contribution in [0.4, 0.5) is 10.8 Å². The monoisotopic (exact) mass is 381 g/mol. The number of aromatic hydroxyl groups is 1. The van der Waals surface area contributed by atoms with Crippen molar-refractivity contribution in [3.63, 3.8) is 0 Å². The largest absolute Gasteiger partial charge is 0.508 e. The molecule has 0 saturated heterocycles. The number of phenolic OH excluding ortho intramolecular Hbond substituents is 1. The van der Waals surface area contributed by atoms with Gasteiger partial charge < -0.3 is 15.7 Å². The second-order valence-electron chi connectivity index (χ2n) is 5.97. The van der Waals surface area contributed by atoms with E-state index in [9.17, 15) is 14.7 Å². The average molecular weight is 381 g/mol. The van der Waals surface area contributed by atoms with Gasteiger partial charge in [0.15, 0.2) is 5.13 Å². The molecule has 2 aromatic carbocycles. The Bertz CT molecular complexity index is 951. The van der Waals surface area contributed by atoms with Gasteiger partial charge in [0.1, 0.15) is 5.75 Å². The van der Waals surface area contributed by atoms with Crippen molar-refractivity contribution in [2.75, 3.05) is 10.6 Å². The number of hydrogen-bond donors (Lipinski definition) is 3. The van der Waals surface area contributed by atoms with E-state index in [0.29, 0.717) is 11.6 Å². The third-order valence-electron chi connectivity index (χ3n) is 3.86. The van der Waals surface area contributed by atoms with Crippen molar-refractivity contribution in [2.45, 2.75) is 19.8 Å².